The van der Waals surface area contributed by atoms with Crippen LogP contribution in [0, 0.1) is 31.6 Å². The summed E-state index contributed by atoms with van der Waals surface area (Å²) in [5.41, 5.74) is 4.79. The van der Waals surface area contributed by atoms with Crippen LogP contribution in [0.15, 0.2) is 54.3 Å². The molecule has 13 nitrogen and oxygen atoms in total. The minimum absolute atomic E-state index is 0.0540. The predicted molar refractivity (Wildman–Crippen MR) is 131 cm³/mol. The van der Waals surface area contributed by atoms with Crippen molar-refractivity contribution in [2.45, 2.75) is 44.9 Å². The molecule has 0 bridgehead atoms. The van der Waals surface area contributed by atoms with Crippen molar-refractivity contribution in [2.75, 3.05) is 0 Å². The van der Waals surface area contributed by atoms with E-state index in [1.807, 2.05) is 0 Å². The van der Waals surface area contributed by atoms with Gasteiger partial charge in [0.2, 0.25) is 0 Å². The quantitative estimate of drug-likeness (QED) is 0.193. The summed E-state index contributed by atoms with van der Waals surface area (Å²) in [5, 5.41) is 44.6. The van der Waals surface area contributed by atoms with E-state index in [0.29, 0.717) is 5.56 Å². The third-order valence-corrected chi connectivity index (χ3v) is 4.92. The molecule has 0 spiro atoms. The Labute approximate surface area is 211 Å². The van der Waals surface area contributed by atoms with E-state index in [9.17, 15) is 40.2 Å². The van der Waals surface area contributed by atoms with Gasteiger partial charge in [0.15, 0.2) is 11.8 Å². The van der Waals surface area contributed by atoms with Gasteiger partial charge in [0, 0.05) is 24.3 Å². The zero-order valence-electron chi connectivity index (χ0n) is 20.2. The van der Waals surface area contributed by atoms with Crippen LogP contribution in [0.25, 0.3) is 5.57 Å². The molecule has 37 heavy (non-hydrogen) atoms. The molecule has 2 atom stereocenters. The summed E-state index contributed by atoms with van der Waals surface area (Å²) in [5.74, 6) is -1.72. The average molecular weight is 511 g/mol. The monoisotopic (exact) mass is 511 g/mol. The van der Waals surface area contributed by atoms with Crippen molar-refractivity contribution in [1.29, 1.82) is 5.26 Å². The molecule has 0 aliphatic rings. The number of rotatable bonds is 9. The molecule has 2 aromatic carbocycles. The number of allylic oxidation sites excluding steroid dienone is 1. The van der Waals surface area contributed by atoms with E-state index >= 15 is 0 Å². The van der Waals surface area contributed by atoms with E-state index < -0.39 is 50.7 Å². The number of alkyl carbamates (subject to hydrolysis) is 1. The second-order valence-electron chi connectivity index (χ2n) is 8.89. The first-order chi connectivity index (χ1) is 17.2. The number of nitro benzene ring substituents is 2. The number of nitriles is 1. The highest BCUT2D eigenvalue weighted by Crippen LogP contribution is 2.23. The Morgan fingerprint density at radius 1 is 1.05 bits per heavy atom. The van der Waals surface area contributed by atoms with Crippen molar-refractivity contribution in [3.63, 3.8) is 0 Å². The van der Waals surface area contributed by atoms with E-state index in [1.165, 1.54) is 36.4 Å². The Morgan fingerprint density at radius 3 is 1.97 bits per heavy atom. The number of hydrogen-bond donors (Lipinski definition) is 3. The molecular formula is C24H25N5O8. The van der Waals surface area contributed by atoms with Crippen molar-refractivity contribution < 1.29 is 29.3 Å². The highest BCUT2D eigenvalue weighted by atomic mass is 16.6. The van der Waals surface area contributed by atoms with Gasteiger partial charge >= 0.3 is 6.09 Å². The number of non-ortho nitro benzene ring substituents is 2. The molecule has 4 N–H and O–H groups in total. The maximum Gasteiger partial charge on any atom is 0.408 e. The lowest BCUT2D eigenvalue weighted by Crippen LogP contribution is -2.51. The molecule has 1 unspecified atom stereocenters. The number of nitrogens with one attached hydrogen (secondary N) is 1. The topological polar surface area (TPSA) is 212 Å². The number of hydrogen-bond acceptors (Lipinski definition) is 10. The number of carbonyl (C=O) groups is 2. The third-order valence-electron chi connectivity index (χ3n) is 4.92. The van der Waals surface area contributed by atoms with Crippen LogP contribution in [0.5, 0.6) is 0 Å². The number of nitro groups is 2. The van der Waals surface area contributed by atoms with Crippen LogP contribution in [-0.4, -0.2) is 44.5 Å². The third kappa shape index (κ3) is 7.84. The molecule has 1 amide bonds. The number of aliphatic hydroxyl groups excluding tert-OH is 1. The minimum Gasteiger partial charge on any atom is -0.508 e. The Hall–Kier alpha value is -4.83. The van der Waals surface area contributed by atoms with Crippen LogP contribution in [0.2, 0.25) is 0 Å². The summed E-state index contributed by atoms with van der Waals surface area (Å²) in [6.45, 7) is 4.74. The molecule has 0 aliphatic heterocycles. The SMILES string of the molecule is CC(C)(C)OC(=O)N[C@@H](C(=O)C(N)Cc1ccc([N+](=O)[O-])cc1)/C(O)=C(\C#N)c1ccc([N+](=O)[O-])cc1. The lowest BCUT2D eigenvalue weighted by molar-refractivity contribution is -0.385. The van der Waals surface area contributed by atoms with Crippen LogP contribution in [0.3, 0.4) is 0 Å². The second kappa shape index (κ2) is 11.7. The lowest BCUT2D eigenvalue weighted by atomic mass is 9.94. The second-order valence-corrected chi connectivity index (χ2v) is 8.89. The van der Waals surface area contributed by atoms with E-state index in [2.05, 4.69) is 5.32 Å². The largest absolute Gasteiger partial charge is 0.508 e. The van der Waals surface area contributed by atoms with Crippen molar-refractivity contribution in [2.24, 2.45) is 5.73 Å². The number of ketones is 1. The fourth-order valence-corrected chi connectivity index (χ4v) is 3.19. The van der Waals surface area contributed by atoms with Gasteiger partial charge in [0.05, 0.1) is 21.5 Å². The normalized spacial score (nSPS) is 13.4. The number of benzene rings is 2. The van der Waals surface area contributed by atoms with Crippen LogP contribution in [0.1, 0.15) is 31.9 Å². The summed E-state index contributed by atoms with van der Waals surface area (Å²) in [4.78, 5) is 46.3. The van der Waals surface area contributed by atoms with Gasteiger partial charge in [-0.3, -0.25) is 25.0 Å². The van der Waals surface area contributed by atoms with Crippen LogP contribution in [-0.2, 0) is 16.0 Å². The number of aliphatic hydroxyl groups is 1. The molecule has 2 aromatic rings. The minimum atomic E-state index is -1.80. The van der Waals surface area contributed by atoms with Gasteiger partial charge < -0.3 is 20.9 Å². The Balaban J connectivity index is 2.43. The summed E-state index contributed by atoms with van der Waals surface area (Å²) >= 11 is 0. The summed E-state index contributed by atoms with van der Waals surface area (Å²) < 4.78 is 5.16. The molecular weight excluding hydrogens is 486 g/mol. The zero-order valence-corrected chi connectivity index (χ0v) is 20.2. The Bertz CT molecular complexity index is 1260. The van der Waals surface area contributed by atoms with Crippen LogP contribution < -0.4 is 11.1 Å². The van der Waals surface area contributed by atoms with Gasteiger partial charge in [-0.15, -0.1) is 0 Å². The molecule has 0 aromatic heterocycles. The Kier molecular flexibility index (Phi) is 9.01. The maximum atomic E-state index is 13.3. The van der Waals surface area contributed by atoms with Crippen molar-refractivity contribution in [3.05, 3.63) is 85.6 Å². The van der Waals surface area contributed by atoms with Gasteiger partial charge in [0.1, 0.15) is 17.4 Å². The molecule has 0 fully saturated rings. The van der Waals surface area contributed by atoms with E-state index in [4.69, 9.17) is 10.5 Å². The maximum absolute atomic E-state index is 13.3. The first-order valence-electron chi connectivity index (χ1n) is 10.8. The van der Waals surface area contributed by atoms with E-state index in [1.54, 1.807) is 26.8 Å². The standard InChI is InChI=1S/C24H25N5O8/c1-24(2,3)37-23(32)27-20(21(30)18(13-25)15-6-10-17(11-7-15)29(35)36)22(31)19(26)12-14-4-8-16(9-5-14)28(33)34/h4-11,19-20,30H,12,26H2,1-3H3,(H,27,32)/b21-18-/t19?,20-/m1/s1. The first kappa shape index (κ1) is 28.4. The molecule has 0 saturated carbocycles. The number of amides is 1. The Morgan fingerprint density at radius 2 is 1.54 bits per heavy atom. The lowest BCUT2D eigenvalue weighted by Gasteiger charge is -2.25. The number of ether oxygens (including phenoxy) is 1. The number of nitrogens with two attached hydrogens (primary N) is 1. The molecule has 0 radical (unpaired) electrons. The molecule has 0 aliphatic carbocycles. The molecule has 13 heteroatoms. The first-order valence-corrected chi connectivity index (χ1v) is 10.8. The van der Waals surface area contributed by atoms with Crippen LogP contribution in [0.4, 0.5) is 16.2 Å². The predicted octanol–water partition coefficient (Wildman–Crippen LogP) is 3.33. The van der Waals surface area contributed by atoms with Gasteiger partial charge in [0.25, 0.3) is 11.4 Å². The summed E-state index contributed by atoms with van der Waals surface area (Å²) in [7, 11) is 0. The molecule has 194 valence electrons. The van der Waals surface area contributed by atoms with Gasteiger partial charge in [-0.05, 0) is 50.5 Å². The molecule has 0 heterocycles. The fraction of sp³-hybridized carbons (Fsp3) is 0.292. The van der Waals surface area contributed by atoms with Crippen molar-refractivity contribution in [3.8, 4) is 6.07 Å². The van der Waals surface area contributed by atoms with E-state index in [0.717, 1.165) is 12.1 Å². The number of Topliss-reactive ketones (excluding diaryl/α,β-unsaturated/α-hetero) is 1. The summed E-state index contributed by atoms with van der Waals surface area (Å²) in [6, 6.07) is 8.57. The van der Waals surface area contributed by atoms with Crippen molar-refractivity contribution >= 4 is 28.8 Å². The van der Waals surface area contributed by atoms with Gasteiger partial charge in [-0.1, -0.05) is 12.1 Å². The fourth-order valence-electron chi connectivity index (χ4n) is 3.19. The summed E-state index contributed by atoms with van der Waals surface area (Å²) in [6.07, 6.45) is -1.17. The zero-order chi connectivity index (χ0) is 27.9. The molecule has 0 saturated heterocycles. The highest BCUT2D eigenvalue weighted by Gasteiger charge is 2.33. The average Bonchev–Trinajstić information content (AvgIpc) is 2.82. The van der Waals surface area contributed by atoms with Gasteiger partial charge in [-0.2, -0.15) is 5.26 Å². The van der Waals surface area contributed by atoms with Crippen LogP contribution >= 0.6 is 0 Å². The van der Waals surface area contributed by atoms with Gasteiger partial charge in [-0.25, -0.2) is 4.79 Å². The van der Waals surface area contributed by atoms with E-state index in [-0.39, 0.29) is 23.4 Å². The number of carbonyl (C=O) groups excluding carboxylic acids is 2. The smallest absolute Gasteiger partial charge is 0.408 e. The highest BCUT2D eigenvalue weighted by molar-refractivity contribution is 5.96. The van der Waals surface area contributed by atoms with Crippen molar-refractivity contribution in [1.82, 2.24) is 5.32 Å². The number of nitrogens with zero attached hydrogens (tertiary/aromatic N) is 3. The molecule has 2 rings (SSSR count).